The smallest absolute Gasteiger partial charge is 0.141 e. The van der Waals surface area contributed by atoms with Crippen LogP contribution in [0.3, 0.4) is 0 Å². The quantitative estimate of drug-likeness (QED) is 0.424. The molecule has 0 aliphatic heterocycles. The lowest BCUT2D eigenvalue weighted by molar-refractivity contribution is -0.312. The number of aliphatic carboxylic acids is 2. The average molecular weight is 285 g/mol. The first-order chi connectivity index (χ1) is 10.0. The zero-order valence-corrected chi connectivity index (χ0v) is 11.1. The van der Waals surface area contributed by atoms with E-state index in [2.05, 4.69) is 15.3 Å². The highest BCUT2D eigenvalue weighted by molar-refractivity contribution is 6.11. The van der Waals surface area contributed by atoms with Gasteiger partial charge < -0.3 is 25.1 Å². The lowest BCUT2D eigenvalue weighted by atomic mass is 10.1. The van der Waals surface area contributed by atoms with Crippen LogP contribution in [0.5, 0.6) is 0 Å². The van der Waals surface area contributed by atoms with E-state index < -0.39 is 17.5 Å². The van der Waals surface area contributed by atoms with Gasteiger partial charge >= 0.3 is 0 Å². The normalized spacial score (nSPS) is 10.1. The summed E-state index contributed by atoms with van der Waals surface area (Å²) >= 11 is 0. The van der Waals surface area contributed by atoms with Gasteiger partial charge in [0.05, 0.1) is 17.5 Å². The van der Waals surface area contributed by atoms with Crippen molar-refractivity contribution in [1.29, 1.82) is 0 Å². The van der Waals surface area contributed by atoms with Crippen molar-refractivity contribution in [3.8, 4) is 0 Å². The second-order valence-electron chi connectivity index (χ2n) is 4.20. The van der Waals surface area contributed by atoms with Crippen LogP contribution in [0.1, 0.15) is 12.5 Å². The number of rotatable bonds is 5. The van der Waals surface area contributed by atoms with Crippen LogP contribution in [-0.2, 0) is 16.0 Å². The molecular weight excluding hydrogens is 274 g/mol. The summed E-state index contributed by atoms with van der Waals surface area (Å²) in [5.41, 5.74) is 0.708. The van der Waals surface area contributed by atoms with Crippen LogP contribution in [0.15, 0.2) is 36.3 Å². The lowest BCUT2D eigenvalue weighted by Gasteiger charge is -2.11. The number of anilines is 1. The summed E-state index contributed by atoms with van der Waals surface area (Å²) < 4.78 is 0. The summed E-state index contributed by atoms with van der Waals surface area (Å²) in [5, 5.41) is 24.5. The zero-order valence-electron chi connectivity index (χ0n) is 11.1. The summed E-state index contributed by atoms with van der Waals surface area (Å²) in [7, 11) is 0. The monoisotopic (exact) mass is 285 g/mol. The van der Waals surface area contributed by atoms with Crippen molar-refractivity contribution in [1.82, 2.24) is 9.97 Å². The molecule has 0 aliphatic rings. The Hall–Kier alpha value is -2.96. The predicted octanol–water partition coefficient (Wildman–Crippen LogP) is -1.01. The fourth-order valence-electron chi connectivity index (χ4n) is 1.78. The third-order valence-corrected chi connectivity index (χ3v) is 2.90. The molecule has 0 spiro atoms. The molecule has 1 aromatic carbocycles. The van der Waals surface area contributed by atoms with Gasteiger partial charge in [-0.2, -0.15) is 0 Å². The number of aryl methyl sites for hydroxylation is 1. The van der Waals surface area contributed by atoms with Gasteiger partial charge in [-0.15, -0.1) is 0 Å². The van der Waals surface area contributed by atoms with Gasteiger partial charge in [-0.3, -0.25) is 0 Å². The highest BCUT2D eigenvalue weighted by Gasteiger charge is 2.05. The van der Waals surface area contributed by atoms with Crippen LogP contribution in [0, 0.1) is 0 Å². The predicted molar refractivity (Wildman–Crippen MR) is 70.6 cm³/mol. The van der Waals surface area contributed by atoms with Crippen LogP contribution in [-0.4, -0.2) is 21.9 Å². The first-order valence-electron chi connectivity index (χ1n) is 6.16. The SMILES string of the molecule is CCc1ccc2ncnc(NC=C(C(=O)[O-])C(=O)[O-])c2c1. The molecule has 0 saturated carbocycles. The highest BCUT2D eigenvalue weighted by Crippen LogP contribution is 2.21. The Labute approximate surface area is 120 Å². The van der Waals surface area contributed by atoms with E-state index >= 15 is 0 Å². The Kier molecular flexibility index (Phi) is 4.13. The minimum atomic E-state index is -1.84. The van der Waals surface area contributed by atoms with Crippen LogP contribution < -0.4 is 15.5 Å². The van der Waals surface area contributed by atoms with Crippen LogP contribution in [0.4, 0.5) is 5.82 Å². The number of carbonyl (C=O) groups is 2. The summed E-state index contributed by atoms with van der Waals surface area (Å²) in [6, 6.07) is 5.58. The summed E-state index contributed by atoms with van der Waals surface area (Å²) in [4.78, 5) is 29.4. The first-order valence-corrected chi connectivity index (χ1v) is 6.16. The fraction of sp³-hybridized carbons (Fsp3) is 0.143. The van der Waals surface area contributed by atoms with E-state index in [1.807, 2.05) is 25.1 Å². The van der Waals surface area contributed by atoms with Gasteiger partial charge in [0.1, 0.15) is 12.1 Å². The molecule has 0 amide bonds. The molecule has 2 aromatic rings. The van der Waals surface area contributed by atoms with E-state index in [9.17, 15) is 19.8 Å². The molecule has 0 radical (unpaired) electrons. The average Bonchev–Trinajstić information content (AvgIpc) is 2.46. The molecule has 1 N–H and O–H groups in total. The van der Waals surface area contributed by atoms with E-state index in [1.165, 1.54) is 6.33 Å². The van der Waals surface area contributed by atoms with E-state index in [4.69, 9.17) is 0 Å². The highest BCUT2D eigenvalue weighted by atomic mass is 16.4. The Balaban J connectivity index is 2.44. The van der Waals surface area contributed by atoms with E-state index in [-0.39, 0.29) is 0 Å². The van der Waals surface area contributed by atoms with Gasteiger partial charge in [-0.25, -0.2) is 9.97 Å². The van der Waals surface area contributed by atoms with Crippen molar-refractivity contribution in [2.75, 3.05) is 5.32 Å². The van der Waals surface area contributed by atoms with Crippen LogP contribution in [0.2, 0.25) is 0 Å². The molecule has 7 heteroatoms. The summed E-state index contributed by atoms with van der Waals surface area (Å²) in [6.45, 7) is 1.99. The van der Waals surface area contributed by atoms with Gasteiger partial charge in [0.15, 0.2) is 0 Å². The van der Waals surface area contributed by atoms with Crippen molar-refractivity contribution in [3.05, 3.63) is 41.9 Å². The second kappa shape index (κ2) is 6.00. The van der Waals surface area contributed by atoms with Gasteiger partial charge in [0.25, 0.3) is 0 Å². The number of nitrogens with zero attached hydrogens (tertiary/aromatic N) is 2. The van der Waals surface area contributed by atoms with E-state index in [0.29, 0.717) is 16.7 Å². The third kappa shape index (κ3) is 3.14. The Morgan fingerprint density at radius 1 is 1.24 bits per heavy atom. The number of aromatic nitrogens is 2. The van der Waals surface area contributed by atoms with E-state index in [1.54, 1.807) is 0 Å². The number of hydrogen-bond donors (Lipinski definition) is 1. The maximum absolute atomic E-state index is 10.7. The Morgan fingerprint density at radius 3 is 2.57 bits per heavy atom. The van der Waals surface area contributed by atoms with Crippen LogP contribution >= 0.6 is 0 Å². The topological polar surface area (TPSA) is 118 Å². The Morgan fingerprint density at radius 2 is 1.95 bits per heavy atom. The van der Waals surface area contributed by atoms with Crippen molar-refractivity contribution in [2.45, 2.75) is 13.3 Å². The molecule has 21 heavy (non-hydrogen) atoms. The molecule has 0 aliphatic carbocycles. The van der Waals surface area contributed by atoms with Gasteiger partial charge in [-0.05, 0) is 24.1 Å². The molecule has 0 atom stereocenters. The standard InChI is InChI=1S/C14H13N3O4/c1-2-8-3-4-11-9(5-8)12(17-7-16-11)15-6-10(13(18)19)14(20)21/h3-7H,2H2,1H3,(H,18,19)(H,20,21)(H,15,16,17)/p-2. The molecule has 0 unspecified atom stereocenters. The molecule has 7 nitrogen and oxygen atoms in total. The third-order valence-electron chi connectivity index (χ3n) is 2.90. The number of carboxylic acid groups (broad SMARTS) is 2. The van der Waals surface area contributed by atoms with Crippen LogP contribution in [0.25, 0.3) is 10.9 Å². The molecule has 0 saturated heterocycles. The number of benzene rings is 1. The fourth-order valence-corrected chi connectivity index (χ4v) is 1.78. The molecule has 2 rings (SSSR count). The van der Waals surface area contributed by atoms with Crippen molar-refractivity contribution >= 4 is 28.7 Å². The first kappa shape index (κ1) is 14.4. The summed E-state index contributed by atoms with van der Waals surface area (Å²) in [6.07, 6.45) is 2.89. The van der Waals surface area contributed by atoms with Gasteiger partial charge in [0.2, 0.25) is 0 Å². The van der Waals surface area contributed by atoms with Crippen molar-refractivity contribution < 1.29 is 19.8 Å². The number of fused-ring (bicyclic) bond motifs is 1. The second-order valence-corrected chi connectivity index (χ2v) is 4.20. The largest absolute Gasteiger partial charge is 0.545 e. The molecule has 0 fully saturated rings. The lowest BCUT2D eigenvalue weighted by Crippen LogP contribution is -2.36. The number of nitrogens with one attached hydrogen (secondary N) is 1. The minimum absolute atomic E-state index is 0.301. The maximum atomic E-state index is 10.7. The van der Waals surface area contributed by atoms with Crippen molar-refractivity contribution in [2.24, 2.45) is 0 Å². The Bertz CT molecular complexity index is 724. The molecule has 1 aromatic heterocycles. The zero-order chi connectivity index (χ0) is 15.4. The molecular formula is C14H11N3O4-2. The molecule has 0 bridgehead atoms. The summed E-state index contributed by atoms with van der Waals surface area (Å²) in [5.74, 6) is -3.37. The maximum Gasteiger partial charge on any atom is 0.141 e. The number of carboxylic acids is 2. The van der Waals surface area contributed by atoms with Crippen molar-refractivity contribution in [3.63, 3.8) is 0 Å². The van der Waals surface area contributed by atoms with Gasteiger partial charge in [0, 0.05) is 17.2 Å². The molecule has 108 valence electrons. The van der Waals surface area contributed by atoms with E-state index in [0.717, 1.165) is 18.2 Å². The number of carbonyl (C=O) groups excluding carboxylic acids is 2. The number of hydrogen-bond acceptors (Lipinski definition) is 7. The molecule has 1 heterocycles. The minimum Gasteiger partial charge on any atom is -0.545 e. The van der Waals surface area contributed by atoms with Gasteiger partial charge in [-0.1, -0.05) is 13.0 Å².